The molecule has 128 valence electrons. The molecule has 6 nitrogen and oxygen atoms in total. The quantitative estimate of drug-likeness (QED) is 0.666. The van der Waals surface area contributed by atoms with E-state index in [2.05, 4.69) is 21.4 Å². The minimum atomic E-state index is 0.229. The lowest BCUT2D eigenvalue weighted by Crippen LogP contribution is -1.93. The monoisotopic (exact) mass is 382 g/mol. The van der Waals surface area contributed by atoms with Crippen LogP contribution in [-0.4, -0.2) is 16.8 Å². The van der Waals surface area contributed by atoms with E-state index in [0.717, 1.165) is 17.0 Å². The van der Waals surface area contributed by atoms with Crippen LogP contribution in [0.3, 0.4) is 0 Å². The van der Waals surface area contributed by atoms with Crippen molar-refractivity contribution in [3.8, 4) is 28.8 Å². The minimum absolute atomic E-state index is 0.229. The number of thiazole rings is 1. The molecule has 3 aromatic rings. The number of halogens is 1. The summed E-state index contributed by atoms with van der Waals surface area (Å²) >= 11 is 7.20. The normalized spacial score (nSPS) is 12.7. The Balaban J connectivity index is 1.56. The topological polar surface area (TPSA) is 80.1 Å². The molecular weight excluding hydrogens is 372 g/mol. The molecule has 1 aromatic carbocycles. The van der Waals surface area contributed by atoms with E-state index < -0.39 is 0 Å². The summed E-state index contributed by atoms with van der Waals surface area (Å²) in [5.74, 6) is 2.01. The van der Waals surface area contributed by atoms with Crippen molar-refractivity contribution >= 4 is 34.3 Å². The van der Waals surface area contributed by atoms with Crippen molar-refractivity contribution in [3.63, 3.8) is 0 Å². The van der Waals surface area contributed by atoms with Gasteiger partial charge in [0.05, 0.1) is 10.7 Å². The SMILES string of the molecule is N#CC(=CNc1ccc(Cl)cn1)c1nc(-c2ccc3c(c2)OCO3)cs1. The van der Waals surface area contributed by atoms with E-state index in [1.165, 1.54) is 17.5 Å². The fourth-order valence-electron chi connectivity index (χ4n) is 2.34. The van der Waals surface area contributed by atoms with E-state index in [1.807, 2.05) is 23.6 Å². The average molecular weight is 383 g/mol. The molecule has 0 saturated carbocycles. The van der Waals surface area contributed by atoms with Gasteiger partial charge in [0.1, 0.15) is 22.5 Å². The van der Waals surface area contributed by atoms with Gasteiger partial charge in [0.2, 0.25) is 6.79 Å². The van der Waals surface area contributed by atoms with Gasteiger partial charge in [-0.2, -0.15) is 5.26 Å². The number of fused-ring (bicyclic) bond motifs is 1. The fourth-order valence-corrected chi connectivity index (χ4v) is 3.24. The first-order valence-corrected chi connectivity index (χ1v) is 8.83. The van der Waals surface area contributed by atoms with Crippen molar-refractivity contribution < 1.29 is 9.47 Å². The number of nitrogens with one attached hydrogen (secondary N) is 1. The zero-order valence-corrected chi connectivity index (χ0v) is 14.8. The number of nitrogens with zero attached hydrogens (tertiary/aromatic N) is 3. The summed E-state index contributed by atoms with van der Waals surface area (Å²) in [6, 6.07) is 11.3. The van der Waals surface area contributed by atoms with Crippen LogP contribution in [0.15, 0.2) is 48.1 Å². The van der Waals surface area contributed by atoms with Crippen LogP contribution in [0.4, 0.5) is 5.82 Å². The van der Waals surface area contributed by atoms with Crippen molar-refractivity contribution in [1.29, 1.82) is 5.26 Å². The van der Waals surface area contributed by atoms with E-state index in [-0.39, 0.29) is 6.79 Å². The summed E-state index contributed by atoms with van der Waals surface area (Å²) in [6.07, 6.45) is 3.11. The van der Waals surface area contributed by atoms with Gasteiger partial charge < -0.3 is 14.8 Å². The molecule has 3 heterocycles. The van der Waals surface area contributed by atoms with Gasteiger partial charge in [-0.1, -0.05) is 11.6 Å². The van der Waals surface area contributed by atoms with Crippen molar-refractivity contribution in [2.24, 2.45) is 0 Å². The first kappa shape index (κ1) is 16.4. The Bertz CT molecular complexity index is 1020. The predicted molar refractivity (Wildman–Crippen MR) is 100 cm³/mol. The lowest BCUT2D eigenvalue weighted by atomic mass is 10.1. The van der Waals surface area contributed by atoms with Gasteiger partial charge in [-0.15, -0.1) is 11.3 Å². The van der Waals surface area contributed by atoms with Gasteiger partial charge in [-0.3, -0.25) is 0 Å². The van der Waals surface area contributed by atoms with Crippen LogP contribution in [0.5, 0.6) is 11.5 Å². The maximum absolute atomic E-state index is 9.44. The molecule has 0 saturated heterocycles. The van der Waals surface area contributed by atoms with E-state index in [9.17, 15) is 5.26 Å². The number of aromatic nitrogens is 2. The number of anilines is 1. The van der Waals surface area contributed by atoms with Crippen LogP contribution >= 0.6 is 22.9 Å². The molecule has 26 heavy (non-hydrogen) atoms. The van der Waals surface area contributed by atoms with Gasteiger partial charge in [-0.25, -0.2) is 9.97 Å². The maximum atomic E-state index is 9.44. The number of allylic oxidation sites excluding steroid dienone is 1. The van der Waals surface area contributed by atoms with Crippen LogP contribution in [0.1, 0.15) is 5.01 Å². The Hall–Kier alpha value is -3.08. The molecule has 0 unspecified atom stereocenters. The fraction of sp³-hybridized carbons (Fsp3) is 0.0556. The molecule has 1 N–H and O–H groups in total. The van der Waals surface area contributed by atoms with Crippen LogP contribution < -0.4 is 14.8 Å². The molecular formula is C18H11ClN4O2S. The molecule has 8 heteroatoms. The van der Waals surface area contributed by atoms with Crippen molar-refractivity contribution in [2.75, 3.05) is 12.1 Å². The second-order valence-corrected chi connectivity index (χ2v) is 6.58. The van der Waals surface area contributed by atoms with E-state index in [0.29, 0.717) is 27.2 Å². The molecule has 0 radical (unpaired) electrons. The van der Waals surface area contributed by atoms with E-state index in [4.69, 9.17) is 21.1 Å². The largest absolute Gasteiger partial charge is 0.454 e. The van der Waals surface area contributed by atoms with Crippen LogP contribution in [0.25, 0.3) is 16.8 Å². The summed E-state index contributed by atoms with van der Waals surface area (Å²) in [4.78, 5) is 8.68. The van der Waals surface area contributed by atoms with Crippen LogP contribution in [0, 0.1) is 11.3 Å². The highest BCUT2D eigenvalue weighted by atomic mass is 35.5. The second-order valence-electron chi connectivity index (χ2n) is 5.28. The highest BCUT2D eigenvalue weighted by molar-refractivity contribution is 7.11. The first-order valence-electron chi connectivity index (χ1n) is 7.57. The summed E-state index contributed by atoms with van der Waals surface area (Å²) in [6.45, 7) is 0.229. The molecule has 4 rings (SSSR count). The molecule has 0 atom stereocenters. The highest BCUT2D eigenvalue weighted by Gasteiger charge is 2.15. The summed E-state index contributed by atoms with van der Waals surface area (Å²) in [5, 5.41) is 15.5. The second kappa shape index (κ2) is 7.04. The van der Waals surface area contributed by atoms with Gasteiger partial charge >= 0.3 is 0 Å². The number of pyridine rings is 1. The lowest BCUT2D eigenvalue weighted by Gasteiger charge is -2.01. The summed E-state index contributed by atoms with van der Waals surface area (Å²) < 4.78 is 10.7. The Kier molecular flexibility index (Phi) is 4.44. The Morgan fingerprint density at radius 1 is 1.27 bits per heavy atom. The molecule has 1 aliphatic heterocycles. The molecule has 0 aliphatic carbocycles. The Morgan fingerprint density at radius 2 is 2.15 bits per heavy atom. The third-order valence-corrected chi connectivity index (χ3v) is 4.71. The average Bonchev–Trinajstić information content (AvgIpc) is 3.32. The zero-order valence-electron chi connectivity index (χ0n) is 13.3. The Labute approximate surface area is 158 Å². The number of benzene rings is 1. The number of nitriles is 1. The number of hydrogen-bond acceptors (Lipinski definition) is 7. The lowest BCUT2D eigenvalue weighted by molar-refractivity contribution is 0.174. The predicted octanol–water partition coefficient (Wildman–Crippen LogP) is 4.56. The number of rotatable bonds is 4. The molecule has 0 amide bonds. The van der Waals surface area contributed by atoms with Gasteiger partial charge in [-0.05, 0) is 30.3 Å². The first-order chi connectivity index (χ1) is 12.7. The van der Waals surface area contributed by atoms with Crippen LogP contribution in [-0.2, 0) is 0 Å². The minimum Gasteiger partial charge on any atom is -0.454 e. The summed E-state index contributed by atoms with van der Waals surface area (Å²) in [7, 11) is 0. The molecule has 0 fully saturated rings. The molecule has 1 aliphatic rings. The third kappa shape index (κ3) is 3.33. The van der Waals surface area contributed by atoms with Gasteiger partial charge in [0.25, 0.3) is 0 Å². The van der Waals surface area contributed by atoms with Crippen molar-refractivity contribution in [3.05, 3.63) is 58.1 Å². The molecule has 2 aromatic heterocycles. The van der Waals surface area contributed by atoms with Crippen LogP contribution in [0.2, 0.25) is 5.02 Å². The molecule has 0 bridgehead atoms. The molecule has 0 spiro atoms. The van der Waals surface area contributed by atoms with E-state index >= 15 is 0 Å². The number of ether oxygens (including phenoxy) is 2. The summed E-state index contributed by atoms with van der Waals surface area (Å²) in [5.41, 5.74) is 2.09. The third-order valence-electron chi connectivity index (χ3n) is 3.62. The smallest absolute Gasteiger partial charge is 0.231 e. The standard InChI is InChI=1S/C18H11ClN4O2S/c19-13-2-4-17(22-8-13)21-7-12(6-20)18-23-14(9-26-18)11-1-3-15-16(5-11)25-10-24-15/h1-5,7-9H,10H2,(H,21,22). The van der Waals surface area contributed by atoms with Crippen molar-refractivity contribution in [2.45, 2.75) is 0 Å². The van der Waals surface area contributed by atoms with Gasteiger partial charge in [0, 0.05) is 23.3 Å². The number of hydrogen-bond donors (Lipinski definition) is 1. The Morgan fingerprint density at radius 3 is 2.96 bits per heavy atom. The van der Waals surface area contributed by atoms with Crippen molar-refractivity contribution in [1.82, 2.24) is 9.97 Å². The van der Waals surface area contributed by atoms with Gasteiger partial charge in [0.15, 0.2) is 11.5 Å². The van der Waals surface area contributed by atoms with E-state index in [1.54, 1.807) is 18.3 Å². The maximum Gasteiger partial charge on any atom is 0.231 e. The zero-order chi connectivity index (χ0) is 17.9. The highest BCUT2D eigenvalue weighted by Crippen LogP contribution is 2.36.